The summed E-state index contributed by atoms with van der Waals surface area (Å²) in [6.07, 6.45) is 1.70. The highest BCUT2D eigenvalue weighted by atomic mass is 16.6. The number of rotatable bonds is 3. The second-order valence-corrected chi connectivity index (χ2v) is 5.19. The van der Waals surface area contributed by atoms with Crippen molar-refractivity contribution in [1.29, 1.82) is 0 Å². The molecular formula is C14H13NO5. The lowest BCUT2D eigenvalue weighted by Crippen LogP contribution is -2.24. The van der Waals surface area contributed by atoms with Crippen molar-refractivity contribution < 1.29 is 23.8 Å². The summed E-state index contributed by atoms with van der Waals surface area (Å²) in [6, 6.07) is 5.54. The van der Waals surface area contributed by atoms with Crippen LogP contribution < -0.4 is 9.47 Å². The van der Waals surface area contributed by atoms with Gasteiger partial charge in [0.1, 0.15) is 11.9 Å². The van der Waals surface area contributed by atoms with Crippen LogP contribution >= 0.6 is 0 Å². The molecule has 0 saturated heterocycles. The molecule has 1 aromatic carbocycles. The summed E-state index contributed by atoms with van der Waals surface area (Å²) in [5.74, 6) is -0.0567. The molecule has 0 bridgehead atoms. The largest absolute Gasteiger partial charge is 0.483 e. The predicted molar refractivity (Wildman–Crippen MR) is 68.4 cm³/mol. The number of hydrogen-bond acceptors (Lipinski definition) is 5. The zero-order chi connectivity index (χ0) is 14.3. The van der Waals surface area contributed by atoms with Crippen molar-refractivity contribution in [2.24, 2.45) is 0 Å². The van der Waals surface area contributed by atoms with E-state index in [1.807, 2.05) is 26.0 Å². The number of aromatic carboxylic acids is 1. The maximum atomic E-state index is 10.7. The maximum absolute atomic E-state index is 10.7. The lowest BCUT2D eigenvalue weighted by Gasteiger charge is -2.17. The first-order valence-corrected chi connectivity index (χ1v) is 6.12. The van der Waals surface area contributed by atoms with E-state index >= 15 is 0 Å². The number of carboxylic acids is 1. The Hall–Kier alpha value is -2.50. The molecule has 1 aromatic heterocycles. The molecule has 1 N–H and O–H groups in total. The standard InChI is InChI=1S/C14H13NO5/c1-14(2)6-8-4-3-5-10(11(8)20-14)19-13-15-9(7-18-13)12(16)17/h3-5,7H,6H2,1-2H3,(H,16,17). The predicted octanol–water partition coefficient (Wildman–Crippen LogP) is 2.88. The lowest BCUT2D eigenvalue weighted by molar-refractivity contribution is 0.0690. The molecule has 0 aliphatic carbocycles. The zero-order valence-corrected chi connectivity index (χ0v) is 11.0. The molecule has 0 fully saturated rings. The van der Waals surface area contributed by atoms with Gasteiger partial charge < -0.3 is 19.0 Å². The van der Waals surface area contributed by atoms with Crippen molar-refractivity contribution >= 4 is 5.97 Å². The second-order valence-electron chi connectivity index (χ2n) is 5.19. The minimum atomic E-state index is -1.17. The van der Waals surface area contributed by atoms with E-state index in [1.165, 1.54) is 0 Å². The van der Waals surface area contributed by atoms with Crippen molar-refractivity contribution in [3.63, 3.8) is 0 Å². The van der Waals surface area contributed by atoms with Crippen LogP contribution in [0.5, 0.6) is 17.6 Å². The molecule has 0 saturated carbocycles. The third kappa shape index (κ3) is 2.20. The fourth-order valence-electron chi connectivity index (χ4n) is 2.16. The Bertz CT molecular complexity index is 674. The molecule has 2 aromatic rings. The number of hydrogen-bond donors (Lipinski definition) is 1. The number of carbonyl (C=O) groups is 1. The molecule has 0 radical (unpaired) electrons. The van der Waals surface area contributed by atoms with Crippen LogP contribution in [0.4, 0.5) is 0 Å². The number of fused-ring (bicyclic) bond motifs is 1. The Labute approximate surface area is 115 Å². The molecule has 0 spiro atoms. The molecule has 2 heterocycles. The molecule has 1 aliphatic heterocycles. The van der Waals surface area contributed by atoms with Crippen molar-refractivity contribution in [3.05, 3.63) is 35.7 Å². The monoisotopic (exact) mass is 275 g/mol. The number of aromatic nitrogens is 1. The molecule has 0 unspecified atom stereocenters. The lowest BCUT2D eigenvalue weighted by atomic mass is 10.0. The Morgan fingerprint density at radius 1 is 1.45 bits per heavy atom. The van der Waals surface area contributed by atoms with E-state index < -0.39 is 5.97 Å². The topological polar surface area (TPSA) is 81.8 Å². The van der Waals surface area contributed by atoms with Crippen molar-refractivity contribution in [2.75, 3.05) is 0 Å². The number of benzene rings is 1. The highest BCUT2D eigenvalue weighted by molar-refractivity contribution is 5.84. The van der Waals surface area contributed by atoms with Crippen molar-refractivity contribution in [2.45, 2.75) is 25.9 Å². The summed E-state index contributed by atoms with van der Waals surface area (Å²) in [6.45, 7) is 3.98. The van der Waals surface area contributed by atoms with E-state index in [0.717, 1.165) is 18.2 Å². The summed E-state index contributed by atoms with van der Waals surface area (Å²) in [7, 11) is 0. The number of carboxylic acid groups (broad SMARTS) is 1. The average molecular weight is 275 g/mol. The van der Waals surface area contributed by atoms with Crippen LogP contribution in [-0.2, 0) is 6.42 Å². The van der Waals surface area contributed by atoms with Gasteiger partial charge in [-0.15, -0.1) is 0 Å². The Morgan fingerprint density at radius 3 is 2.95 bits per heavy atom. The van der Waals surface area contributed by atoms with E-state index in [2.05, 4.69) is 4.98 Å². The molecule has 6 heteroatoms. The van der Waals surface area contributed by atoms with Crippen LogP contribution in [0.25, 0.3) is 0 Å². The summed E-state index contributed by atoms with van der Waals surface area (Å²) in [5, 5.41) is 8.78. The Morgan fingerprint density at radius 2 is 2.25 bits per heavy atom. The number of ether oxygens (including phenoxy) is 2. The van der Waals surface area contributed by atoms with Gasteiger partial charge in [-0.1, -0.05) is 12.1 Å². The number of oxazole rings is 1. The summed E-state index contributed by atoms with van der Waals surface area (Å²) >= 11 is 0. The SMILES string of the molecule is CC1(C)Cc2cccc(Oc3nc(C(=O)O)co3)c2O1. The molecule has 1 aliphatic rings. The van der Waals surface area contributed by atoms with Gasteiger partial charge in [-0.2, -0.15) is 4.98 Å². The Kier molecular flexibility index (Phi) is 2.67. The Balaban J connectivity index is 1.89. The maximum Gasteiger partial charge on any atom is 0.400 e. The van der Waals surface area contributed by atoms with Crippen LogP contribution in [0.3, 0.4) is 0 Å². The summed E-state index contributed by atoms with van der Waals surface area (Å²) < 4.78 is 16.3. The van der Waals surface area contributed by atoms with Crippen LogP contribution in [0.15, 0.2) is 28.9 Å². The van der Waals surface area contributed by atoms with Gasteiger partial charge >= 0.3 is 12.0 Å². The van der Waals surface area contributed by atoms with E-state index in [1.54, 1.807) is 6.07 Å². The molecule has 6 nitrogen and oxygen atoms in total. The molecule has 3 rings (SSSR count). The average Bonchev–Trinajstić information content (AvgIpc) is 2.92. The fourth-order valence-corrected chi connectivity index (χ4v) is 2.16. The quantitative estimate of drug-likeness (QED) is 0.927. The molecule has 0 amide bonds. The number of para-hydroxylation sites is 1. The van der Waals surface area contributed by atoms with Gasteiger partial charge in [0.05, 0.1) is 0 Å². The second kappa shape index (κ2) is 4.26. The van der Waals surface area contributed by atoms with Crippen molar-refractivity contribution in [3.8, 4) is 17.6 Å². The van der Waals surface area contributed by atoms with Crippen LogP contribution in [-0.4, -0.2) is 21.7 Å². The van der Waals surface area contributed by atoms with Gasteiger partial charge in [-0.05, 0) is 19.9 Å². The van der Waals surface area contributed by atoms with Crippen LogP contribution in [0.2, 0.25) is 0 Å². The molecule has 0 atom stereocenters. The zero-order valence-electron chi connectivity index (χ0n) is 11.0. The van der Waals surface area contributed by atoms with Crippen molar-refractivity contribution in [1.82, 2.24) is 4.98 Å². The molecule has 20 heavy (non-hydrogen) atoms. The fraction of sp³-hybridized carbons (Fsp3) is 0.286. The molecule has 104 valence electrons. The number of nitrogens with zero attached hydrogens (tertiary/aromatic N) is 1. The molecular weight excluding hydrogens is 262 g/mol. The van der Waals surface area contributed by atoms with Gasteiger partial charge in [-0.25, -0.2) is 4.79 Å². The van der Waals surface area contributed by atoms with Gasteiger partial charge in [0.15, 0.2) is 17.2 Å². The first-order valence-electron chi connectivity index (χ1n) is 6.12. The van der Waals surface area contributed by atoms with E-state index in [0.29, 0.717) is 11.5 Å². The first kappa shape index (κ1) is 12.5. The minimum Gasteiger partial charge on any atom is -0.483 e. The minimum absolute atomic E-state index is 0.121. The highest BCUT2D eigenvalue weighted by Crippen LogP contribution is 2.43. The van der Waals surface area contributed by atoms with E-state index in [-0.39, 0.29) is 17.4 Å². The highest BCUT2D eigenvalue weighted by Gasteiger charge is 2.32. The van der Waals surface area contributed by atoms with E-state index in [9.17, 15) is 4.79 Å². The summed E-state index contributed by atoms with van der Waals surface area (Å²) in [4.78, 5) is 14.5. The third-order valence-corrected chi connectivity index (χ3v) is 2.95. The van der Waals surface area contributed by atoms with E-state index in [4.69, 9.17) is 19.0 Å². The van der Waals surface area contributed by atoms with Crippen LogP contribution in [0, 0.1) is 0 Å². The van der Waals surface area contributed by atoms with Crippen LogP contribution in [0.1, 0.15) is 29.9 Å². The van der Waals surface area contributed by atoms with Gasteiger partial charge in [0.2, 0.25) is 0 Å². The first-order chi connectivity index (χ1) is 9.44. The smallest absolute Gasteiger partial charge is 0.400 e. The summed E-state index contributed by atoms with van der Waals surface area (Å²) in [5.41, 5.74) is 0.552. The van der Waals surface area contributed by atoms with Gasteiger partial charge in [0.25, 0.3) is 0 Å². The normalized spacial score (nSPS) is 15.5. The van der Waals surface area contributed by atoms with Gasteiger partial charge in [0, 0.05) is 12.0 Å². The van der Waals surface area contributed by atoms with Gasteiger partial charge in [-0.3, -0.25) is 0 Å². The third-order valence-electron chi connectivity index (χ3n) is 2.95.